The summed E-state index contributed by atoms with van der Waals surface area (Å²) in [6.45, 7) is 2.02. The maximum absolute atomic E-state index is 12.4. The van der Waals surface area contributed by atoms with E-state index in [1.54, 1.807) is 0 Å². The van der Waals surface area contributed by atoms with Crippen molar-refractivity contribution in [1.29, 1.82) is 0 Å². The Balaban J connectivity index is 1.73. The summed E-state index contributed by atoms with van der Waals surface area (Å²) in [5.41, 5.74) is 0.857. The Labute approximate surface area is 163 Å². The van der Waals surface area contributed by atoms with Crippen LogP contribution in [0.5, 0.6) is 0 Å². The number of alkyl carbamates (subject to hydrolysis) is 1. The first-order chi connectivity index (χ1) is 13.4. The van der Waals surface area contributed by atoms with Crippen LogP contribution in [0.2, 0.25) is 0 Å². The van der Waals surface area contributed by atoms with E-state index >= 15 is 0 Å². The molecule has 1 aliphatic heterocycles. The minimum Gasteiger partial charge on any atom is -0.480 e. The summed E-state index contributed by atoms with van der Waals surface area (Å²) in [4.78, 5) is 48.6. The van der Waals surface area contributed by atoms with E-state index in [4.69, 9.17) is 9.84 Å². The van der Waals surface area contributed by atoms with Gasteiger partial charge >= 0.3 is 12.1 Å². The zero-order chi connectivity index (χ0) is 20.5. The molecule has 1 saturated heterocycles. The molecular weight excluding hydrogens is 366 g/mol. The van der Waals surface area contributed by atoms with Gasteiger partial charge in [-0.2, -0.15) is 0 Å². The molecule has 0 aromatic heterocycles. The molecular formula is C19H25N3O6. The van der Waals surface area contributed by atoms with Crippen molar-refractivity contribution >= 4 is 23.9 Å². The Hall–Kier alpha value is -3.10. The third kappa shape index (κ3) is 6.26. The van der Waals surface area contributed by atoms with E-state index in [-0.39, 0.29) is 25.5 Å². The lowest BCUT2D eigenvalue weighted by molar-refractivity contribution is -0.143. The van der Waals surface area contributed by atoms with Crippen molar-refractivity contribution in [2.45, 2.75) is 44.9 Å². The topological polar surface area (TPSA) is 125 Å². The molecule has 2 atom stereocenters. The maximum Gasteiger partial charge on any atom is 0.407 e. The Kier molecular flexibility index (Phi) is 7.79. The molecule has 0 spiro atoms. The van der Waals surface area contributed by atoms with Crippen LogP contribution in [0, 0.1) is 0 Å². The minimum absolute atomic E-state index is 0.0265. The fraction of sp³-hybridized carbons (Fsp3) is 0.474. The molecule has 0 saturated carbocycles. The van der Waals surface area contributed by atoms with Crippen LogP contribution in [0.3, 0.4) is 0 Å². The van der Waals surface area contributed by atoms with Gasteiger partial charge in [0.15, 0.2) is 0 Å². The lowest BCUT2D eigenvalue weighted by Gasteiger charge is -2.24. The number of nitrogens with one attached hydrogen (secondary N) is 2. The number of benzene rings is 1. The van der Waals surface area contributed by atoms with Gasteiger partial charge in [-0.25, -0.2) is 4.79 Å². The number of hydrogen-bond donors (Lipinski definition) is 3. The third-order valence-corrected chi connectivity index (χ3v) is 4.43. The molecule has 1 fully saturated rings. The smallest absolute Gasteiger partial charge is 0.407 e. The monoisotopic (exact) mass is 391 g/mol. The van der Waals surface area contributed by atoms with Gasteiger partial charge in [-0.15, -0.1) is 0 Å². The van der Waals surface area contributed by atoms with Crippen LogP contribution >= 0.6 is 0 Å². The number of amides is 3. The van der Waals surface area contributed by atoms with E-state index in [1.807, 2.05) is 30.3 Å². The summed E-state index contributed by atoms with van der Waals surface area (Å²) in [5.74, 6) is -1.89. The first-order valence-corrected chi connectivity index (χ1v) is 9.15. The van der Waals surface area contributed by atoms with Gasteiger partial charge in [0.2, 0.25) is 11.8 Å². The molecule has 28 heavy (non-hydrogen) atoms. The lowest BCUT2D eigenvalue weighted by Crippen LogP contribution is -2.50. The van der Waals surface area contributed by atoms with Crippen LogP contribution in [-0.2, 0) is 25.7 Å². The quantitative estimate of drug-likeness (QED) is 0.604. The number of aliphatic carboxylic acids is 1. The fourth-order valence-electron chi connectivity index (χ4n) is 2.90. The normalized spacial score (nSPS) is 16.9. The first kappa shape index (κ1) is 21.2. The Morgan fingerprint density at radius 1 is 1.25 bits per heavy atom. The van der Waals surface area contributed by atoms with Crippen LogP contribution < -0.4 is 10.6 Å². The Bertz CT molecular complexity index is 709. The van der Waals surface area contributed by atoms with Gasteiger partial charge in [-0.05, 0) is 25.3 Å². The molecule has 1 aliphatic rings. The summed E-state index contributed by atoms with van der Waals surface area (Å²) in [6, 6.07) is 7.51. The average molecular weight is 391 g/mol. The molecule has 9 nitrogen and oxygen atoms in total. The molecule has 0 aliphatic carbocycles. The SMILES string of the molecule is C[C@H](NC(=O)[C@@H]1CCCN1C(=O)CCNC(=O)OCc1ccccc1)C(=O)O. The molecule has 3 amide bonds. The van der Waals surface area contributed by atoms with Gasteiger partial charge in [-0.1, -0.05) is 30.3 Å². The zero-order valence-electron chi connectivity index (χ0n) is 15.7. The van der Waals surface area contributed by atoms with E-state index in [1.165, 1.54) is 11.8 Å². The van der Waals surface area contributed by atoms with E-state index in [9.17, 15) is 19.2 Å². The second kappa shape index (κ2) is 10.3. The van der Waals surface area contributed by atoms with Crippen molar-refractivity contribution < 1.29 is 29.0 Å². The molecule has 1 heterocycles. The molecule has 2 rings (SSSR count). The number of likely N-dealkylation sites (tertiary alicyclic amines) is 1. The summed E-state index contributed by atoms with van der Waals surface area (Å²) in [7, 11) is 0. The van der Waals surface area contributed by atoms with Crippen molar-refractivity contribution in [3.63, 3.8) is 0 Å². The molecule has 1 aromatic rings. The van der Waals surface area contributed by atoms with Gasteiger partial charge in [-0.3, -0.25) is 14.4 Å². The number of carbonyl (C=O) groups excluding carboxylic acids is 3. The molecule has 0 unspecified atom stereocenters. The largest absolute Gasteiger partial charge is 0.480 e. The highest BCUT2D eigenvalue weighted by Gasteiger charge is 2.34. The molecule has 1 aromatic carbocycles. The van der Waals surface area contributed by atoms with Crippen LogP contribution in [0.4, 0.5) is 4.79 Å². The van der Waals surface area contributed by atoms with E-state index < -0.39 is 30.1 Å². The highest BCUT2D eigenvalue weighted by Crippen LogP contribution is 2.18. The zero-order valence-corrected chi connectivity index (χ0v) is 15.7. The van der Waals surface area contributed by atoms with Crippen molar-refractivity contribution in [3.05, 3.63) is 35.9 Å². The van der Waals surface area contributed by atoms with Crippen molar-refractivity contribution in [3.8, 4) is 0 Å². The lowest BCUT2D eigenvalue weighted by atomic mass is 10.2. The van der Waals surface area contributed by atoms with E-state index in [2.05, 4.69) is 10.6 Å². The molecule has 9 heteroatoms. The number of ether oxygens (including phenoxy) is 1. The highest BCUT2D eigenvalue weighted by molar-refractivity contribution is 5.90. The highest BCUT2D eigenvalue weighted by atomic mass is 16.5. The summed E-state index contributed by atoms with van der Waals surface area (Å²) >= 11 is 0. The number of rotatable bonds is 8. The fourth-order valence-corrected chi connectivity index (χ4v) is 2.90. The first-order valence-electron chi connectivity index (χ1n) is 9.15. The second-order valence-electron chi connectivity index (χ2n) is 6.55. The van der Waals surface area contributed by atoms with Crippen LogP contribution in [0.15, 0.2) is 30.3 Å². The van der Waals surface area contributed by atoms with Crippen molar-refractivity contribution in [2.75, 3.05) is 13.1 Å². The van der Waals surface area contributed by atoms with Crippen molar-refractivity contribution in [1.82, 2.24) is 15.5 Å². The maximum atomic E-state index is 12.4. The standard InChI is InChI=1S/C19H25N3O6/c1-13(18(25)26)21-17(24)15-8-5-11-22(15)16(23)9-10-20-19(27)28-12-14-6-3-2-4-7-14/h2-4,6-7,13,15H,5,8-12H2,1H3,(H,20,27)(H,21,24)(H,25,26)/t13-,15-/m0/s1. The summed E-state index contributed by atoms with van der Waals surface area (Å²) < 4.78 is 5.07. The number of nitrogens with zero attached hydrogens (tertiary/aromatic N) is 1. The van der Waals surface area contributed by atoms with Crippen molar-refractivity contribution in [2.24, 2.45) is 0 Å². The van der Waals surface area contributed by atoms with Crippen LogP contribution in [-0.4, -0.2) is 59.1 Å². The van der Waals surface area contributed by atoms with Gasteiger partial charge < -0.3 is 25.4 Å². The van der Waals surface area contributed by atoms with Crippen LogP contribution in [0.25, 0.3) is 0 Å². The van der Waals surface area contributed by atoms with Gasteiger partial charge in [0.05, 0.1) is 0 Å². The van der Waals surface area contributed by atoms with E-state index in [0.29, 0.717) is 19.4 Å². The molecule has 152 valence electrons. The third-order valence-electron chi connectivity index (χ3n) is 4.43. The van der Waals surface area contributed by atoms with Gasteiger partial charge in [0.25, 0.3) is 0 Å². The Morgan fingerprint density at radius 2 is 1.96 bits per heavy atom. The Morgan fingerprint density at radius 3 is 2.64 bits per heavy atom. The van der Waals surface area contributed by atoms with Gasteiger partial charge in [0, 0.05) is 19.5 Å². The molecule has 0 bridgehead atoms. The van der Waals surface area contributed by atoms with E-state index in [0.717, 1.165) is 5.56 Å². The summed E-state index contributed by atoms with van der Waals surface area (Å²) in [6.07, 6.45) is 0.551. The predicted octanol–water partition coefficient (Wildman–Crippen LogP) is 0.883. The number of hydrogen-bond acceptors (Lipinski definition) is 5. The number of carboxylic acids is 1. The second-order valence-corrected chi connectivity index (χ2v) is 6.55. The number of carboxylic acid groups (broad SMARTS) is 1. The summed E-state index contributed by atoms with van der Waals surface area (Å²) in [5, 5.41) is 13.8. The van der Waals surface area contributed by atoms with Gasteiger partial charge in [0.1, 0.15) is 18.7 Å². The molecule has 3 N–H and O–H groups in total. The predicted molar refractivity (Wildman–Crippen MR) is 99.2 cm³/mol. The number of carbonyl (C=O) groups is 4. The van der Waals surface area contributed by atoms with Crippen LogP contribution in [0.1, 0.15) is 31.7 Å². The minimum atomic E-state index is -1.14. The average Bonchev–Trinajstić information content (AvgIpc) is 3.17. The molecule has 0 radical (unpaired) electrons.